The zero-order valence-corrected chi connectivity index (χ0v) is 10.5. The quantitative estimate of drug-likeness (QED) is 0.850. The summed E-state index contributed by atoms with van der Waals surface area (Å²) in [5.74, 6) is 1.01. The lowest BCUT2D eigenvalue weighted by atomic mass is 10.1. The molecule has 0 saturated carbocycles. The predicted octanol–water partition coefficient (Wildman–Crippen LogP) is 0.657. The molecule has 6 heteroatoms. The number of rotatable bonds is 2. The van der Waals surface area contributed by atoms with Gasteiger partial charge in [0.15, 0.2) is 11.5 Å². The van der Waals surface area contributed by atoms with Crippen molar-refractivity contribution in [2.75, 3.05) is 18.2 Å². The van der Waals surface area contributed by atoms with E-state index >= 15 is 0 Å². The monoisotopic (exact) mass is 262 g/mol. The van der Waals surface area contributed by atoms with Gasteiger partial charge in [-0.25, -0.2) is 0 Å². The summed E-state index contributed by atoms with van der Waals surface area (Å²) in [5, 5.41) is 2.68. The first-order chi connectivity index (χ1) is 9.19. The number of fused-ring (bicyclic) bond motifs is 1. The molecule has 0 radical (unpaired) electrons. The van der Waals surface area contributed by atoms with E-state index < -0.39 is 6.04 Å². The van der Waals surface area contributed by atoms with E-state index in [0.29, 0.717) is 23.6 Å². The van der Waals surface area contributed by atoms with E-state index in [9.17, 15) is 9.59 Å². The summed E-state index contributed by atoms with van der Waals surface area (Å²) in [6.07, 6.45) is 0.575. The molecule has 0 bridgehead atoms. The number of anilines is 1. The maximum absolute atomic E-state index is 12.2. The summed E-state index contributed by atoms with van der Waals surface area (Å²) in [6.45, 7) is 2.09. The second kappa shape index (κ2) is 4.46. The molecular weight excluding hydrogens is 248 g/mol. The zero-order chi connectivity index (χ0) is 13.4. The van der Waals surface area contributed by atoms with Gasteiger partial charge in [-0.05, 0) is 18.6 Å². The van der Waals surface area contributed by atoms with Crippen LogP contribution in [-0.4, -0.2) is 31.2 Å². The van der Waals surface area contributed by atoms with E-state index in [2.05, 4.69) is 5.32 Å². The van der Waals surface area contributed by atoms with Crippen molar-refractivity contribution in [3.05, 3.63) is 18.2 Å². The number of piperazine rings is 1. The van der Waals surface area contributed by atoms with Crippen molar-refractivity contribution in [3.8, 4) is 11.5 Å². The van der Waals surface area contributed by atoms with Gasteiger partial charge in [-0.3, -0.25) is 9.59 Å². The first kappa shape index (κ1) is 11.8. The van der Waals surface area contributed by atoms with Gasteiger partial charge in [-0.15, -0.1) is 0 Å². The molecule has 0 aliphatic carbocycles. The van der Waals surface area contributed by atoms with E-state index in [1.54, 1.807) is 18.2 Å². The molecule has 0 spiro atoms. The summed E-state index contributed by atoms with van der Waals surface area (Å²) in [4.78, 5) is 25.4. The van der Waals surface area contributed by atoms with Crippen molar-refractivity contribution < 1.29 is 19.1 Å². The van der Waals surface area contributed by atoms with Crippen molar-refractivity contribution in [2.24, 2.45) is 0 Å². The number of hydrogen-bond acceptors (Lipinski definition) is 4. The number of ether oxygens (including phenoxy) is 2. The van der Waals surface area contributed by atoms with Gasteiger partial charge in [0.1, 0.15) is 12.6 Å². The van der Waals surface area contributed by atoms with Gasteiger partial charge in [0.05, 0.1) is 0 Å². The van der Waals surface area contributed by atoms with Gasteiger partial charge in [-0.1, -0.05) is 6.92 Å². The standard InChI is InChI=1S/C13H14N2O4/c1-2-9-13(17)15(6-12(16)14-9)8-3-4-10-11(5-8)19-7-18-10/h3-5,9H,2,6-7H2,1H3,(H,14,16). The zero-order valence-electron chi connectivity index (χ0n) is 10.5. The van der Waals surface area contributed by atoms with Gasteiger partial charge in [0, 0.05) is 11.8 Å². The lowest BCUT2D eigenvalue weighted by molar-refractivity contribution is -0.131. The smallest absolute Gasteiger partial charge is 0.250 e. The van der Waals surface area contributed by atoms with Crippen molar-refractivity contribution in [2.45, 2.75) is 19.4 Å². The molecule has 1 fully saturated rings. The molecular formula is C13H14N2O4. The third-order valence-electron chi connectivity index (χ3n) is 3.28. The largest absolute Gasteiger partial charge is 0.454 e. The maximum Gasteiger partial charge on any atom is 0.250 e. The molecule has 100 valence electrons. The van der Waals surface area contributed by atoms with Crippen molar-refractivity contribution in [1.82, 2.24) is 5.32 Å². The molecule has 1 atom stereocenters. The Hall–Kier alpha value is -2.24. The van der Waals surface area contributed by atoms with Crippen LogP contribution in [0.1, 0.15) is 13.3 Å². The van der Waals surface area contributed by atoms with E-state index in [0.717, 1.165) is 0 Å². The van der Waals surface area contributed by atoms with E-state index in [-0.39, 0.29) is 25.2 Å². The Morgan fingerprint density at radius 2 is 2.11 bits per heavy atom. The van der Waals surface area contributed by atoms with Gasteiger partial charge in [0.2, 0.25) is 18.6 Å². The molecule has 1 aromatic carbocycles. The summed E-state index contributed by atoms with van der Waals surface area (Å²) in [7, 11) is 0. The number of carbonyl (C=O) groups excluding carboxylic acids is 2. The maximum atomic E-state index is 12.2. The number of hydrogen-bond donors (Lipinski definition) is 1. The van der Waals surface area contributed by atoms with Crippen LogP contribution in [0.3, 0.4) is 0 Å². The minimum absolute atomic E-state index is 0.0367. The fourth-order valence-corrected chi connectivity index (χ4v) is 2.26. The number of amides is 2. The Bertz CT molecular complexity index is 543. The molecule has 1 saturated heterocycles. The highest BCUT2D eigenvalue weighted by molar-refractivity contribution is 6.06. The number of benzene rings is 1. The topological polar surface area (TPSA) is 67.9 Å². The lowest BCUT2D eigenvalue weighted by Gasteiger charge is -2.32. The van der Waals surface area contributed by atoms with Crippen LogP contribution in [0.4, 0.5) is 5.69 Å². The third kappa shape index (κ3) is 1.99. The second-order valence-electron chi connectivity index (χ2n) is 4.49. The minimum Gasteiger partial charge on any atom is -0.454 e. The molecule has 19 heavy (non-hydrogen) atoms. The van der Waals surface area contributed by atoms with Crippen LogP contribution in [0.25, 0.3) is 0 Å². The van der Waals surface area contributed by atoms with Crippen LogP contribution in [0.15, 0.2) is 18.2 Å². The molecule has 1 N–H and O–H groups in total. The van der Waals surface area contributed by atoms with Gasteiger partial charge in [0.25, 0.3) is 0 Å². The predicted molar refractivity (Wildman–Crippen MR) is 67.1 cm³/mol. The van der Waals surface area contributed by atoms with Crippen molar-refractivity contribution in [3.63, 3.8) is 0 Å². The van der Waals surface area contributed by atoms with Crippen LogP contribution in [0.5, 0.6) is 11.5 Å². The van der Waals surface area contributed by atoms with Crippen LogP contribution in [0.2, 0.25) is 0 Å². The number of nitrogens with one attached hydrogen (secondary N) is 1. The summed E-state index contributed by atoms with van der Waals surface area (Å²) >= 11 is 0. The molecule has 3 rings (SSSR count). The Morgan fingerprint density at radius 1 is 1.32 bits per heavy atom. The fraction of sp³-hybridized carbons (Fsp3) is 0.385. The van der Waals surface area contributed by atoms with Gasteiger partial charge in [-0.2, -0.15) is 0 Å². The highest BCUT2D eigenvalue weighted by Crippen LogP contribution is 2.35. The first-order valence-corrected chi connectivity index (χ1v) is 6.19. The fourth-order valence-electron chi connectivity index (χ4n) is 2.26. The number of carbonyl (C=O) groups is 2. The Balaban J connectivity index is 1.92. The van der Waals surface area contributed by atoms with Crippen molar-refractivity contribution >= 4 is 17.5 Å². The van der Waals surface area contributed by atoms with Gasteiger partial charge < -0.3 is 19.7 Å². The average molecular weight is 262 g/mol. The molecule has 2 aliphatic rings. The van der Waals surface area contributed by atoms with Crippen molar-refractivity contribution in [1.29, 1.82) is 0 Å². The molecule has 0 aromatic heterocycles. The first-order valence-electron chi connectivity index (χ1n) is 6.19. The molecule has 2 amide bonds. The van der Waals surface area contributed by atoms with E-state index in [1.807, 2.05) is 6.92 Å². The molecule has 6 nitrogen and oxygen atoms in total. The summed E-state index contributed by atoms with van der Waals surface area (Å²) < 4.78 is 10.5. The second-order valence-corrected chi connectivity index (χ2v) is 4.49. The summed E-state index contributed by atoms with van der Waals surface area (Å²) in [5.41, 5.74) is 0.655. The number of nitrogens with zero attached hydrogens (tertiary/aromatic N) is 1. The SMILES string of the molecule is CCC1NC(=O)CN(c2ccc3c(c2)OCO3)C1=O. The normalized spacial score (nSPS) is 21.5. The highest BCUT2D eigenvalue weighted by atomic mass is 16.7. The van der Waals surface area contributed by atoms with E-state index in [4.69, 9.17) is 9.47 Å². The molecule has 2 heterocycles. The Labute approximate surface area is 110 Å². The average Bonchev–Trinajstić information content (AvgIpc) is 2.88. The van der Waals surface area contributed by atoms with Crippen LogP contribution in [-0.2, 0) is 9.59 Å². The van der Waals surface area contributed by atoms with E-state index in [1.165, 1.54) is 4.90 Å². The minimum atomic E-state index is -0.452. The Morgan fingerprint density at radius 3 is 2.89 bits per heavy atom. The van der Waals surface area contributed by atoms with Crippen LogP contribution >= 0.6 is 0 Å². The third-order valence-corrected chi connectivity index (χ3v) is 3.28. The summed E-state index contributed by atoms with van der Waals surface area (Å²) in [6, 6.07) is 4.78. The molecule has 2 aliphatic heterocycles. The van der Waals surface area contributed by atoms with Crippen LogP contribution < -0.4 is 19.7 Å². The highest BCUT2D eigenvalue weighted by Gasteiger charge is 2.32. The van der Waals surface area contributed by atoms with Crippen LogP contribution in [0, 0.1) is 0 Å². The molecule has 1 unspecified atom stereocenters. The van der Waals surface area contributed by atoms with Gasteiger partial charge >= 0.3 is 0 Å². The lowest BCUT2D eigenvalue weighted by Crippen LogP contribution is -2.58. The molecule has 1 aromatic rings. The Kier molecular flexibility index (Phi) is 2.77.